The third kappa shape index (κ3) is 4.57. The number of anilines is 1. The van der Waals surface area contributed by atoms with Crippen LogP contribution < -0.4 is 4.81 Å². The van der Waals surface area contributed by atoms with Gasteiger partial charge in [-0.15, -0.1) is 0 Å². The Labute approximate surface area is 105 Å². The minimum Gasteiger partial charge on any atom is -0.422 e. The minimum absolute atomic E-state index is 0.669. The van der Waals surface area contributed by atoms with Gasteiger partial charge in [-0.05, 0) is 46.1 Å². The average Bonchev–Trinajstić information content (AvgIpc) is 2.29. The highest BCUT2D eigenvalue weighted by Gasteiger charge is 2.06. The molecule has 0 amide bonds. The fraction of sp³-hybridized carbons (Fsp3) is 0.500. The van der Waals surface area contributed by atoms with Gasteiger partial charge in [-0.3, -0.25) is 0 Å². The number of aliphatic imine (C=N–C) groups is 1. The van der Waals surface area contributed by atoms with Crippen LogP contribution in [0.4, 0.5) is 11.5 Å². The van der Waals surface area contributed by atoms with Crippen LogP contribution in [0.15, 0.2) is 23.3 Å². The van der Waals surface area contributed by atoms with Crippen molar-refractivity contribution in [2.24, 2.45) is 4.99 Å². The van der Waals surface area contributed by atoms with E-state index in [1.807, 2.05) is 19.1 Å². The molecule has 1 aromatic heterocycles. The Morgan fingerprint density at radius 2 is 2.18 bits per heavy atom. The maximum atomic E-state index is 6.01. The summed E-state index contributed by atoms with van der Waals surface area (Å²) in [5.74, 6) is 0.669. The summed E-state index contributed by atoms with van der Waals surface area (Å²) in [5.41, 5.74) is 0.865. The standard InChI is InChI=1S/C12H19BN4/c1-4-14-12-11(7-5-8-15-12)17(13)10-6-9-16(2)3/h4-5,7-8H,6,9-10H2,1-3H3. The van der Waals surface area contributed by atoms with Crippen LogP contribution in [0.1, 0.15) is 13.3 Å². The van der Waals surface area contributed by atoms with Gasteiger partial charge in [0.2, 0.25) is 7.98 Å². The molecule has 0 aliphatic carbocycles. The molecule has 17 heavy (non-hydrogen) atoms. The van der Waals surface area contributed by atoms with E-state index in [4.69, 9.17) is 7.98 Å². The Kier molecular flexibility index (Phi) is 5.70. The molecule has 0 atom stereocenters. The molecular formula is C12H19BN4. The molecule has 0 saturated carbocycles. The zero-order valence-corrected chi connectivity index (χ0v) is 10.8. The first kappa shape index (κ1) is 13.7. The van der Waals surface area contributed by atoms with E-state index in [9.17, 15) is 0 Å². The summed E-state index contributed by atoms with van der Waals surface area (Å²) in [4.78, 5) is 12.3. The fourth-order valence-electron chi connectivity index (χ4n) is 1.51. The van der Waals surface area contributed by atoms with Crippen LogP contribution in [-0.2, 0) is 0 Å². The maximum Gasteiger partial charge on any atom is 0.226 e. The second kappa shape index (κ2) is 7.07. The highest BCUT2D eigenvalue weighted by Crippen LogP contribution is 2.23. The maximum absolute atomic E-state index is 6.01. The van der Waals surface area contributed by atoms with Gasteiger partial charge in [0.25, 0.3) is 0 Å². The fourth-order valence-corrected chi connectivity index (χ4v) is 1.51. The van der Waals surface area contributed by atoms with Gasteiger partial charge < -0.3 is 9.71 Å². The second-order valence-corrected chi connectivity index (χ2v) is 4.08. The van der Waals surface area contributed by atoms with E-state index in [0.29, 0.717) is 5.82 Å². The predicted octanol–water partition coefficient (Wildman–Crippen LogP) is 1.65. The molecule has 1 rings (SSSR count). The molecule has 1 heterocycles. The van der Waals surface area contributed by atoms with E-state index in [-0.39, 0.29) is 0 Å². The van der Waals surface area contributed by atoms with Gasteiger partial charge in [0, 0.05) is 19.0 Å². The lowest BCUT2D eigenvalue weighted by molar-refractivity contribution is 0.403. The Morgan fingerprint density at radius 1 is 1.41 bits per heavy atom. The third-order valence-electron chi connectivity index (χ3n) is 2.33. The molecule has 90 valence electrons. The van der Waals surface area contributed by atoms with Crippen LogP contribution in [-0.4, -0.2) is 51.3 Å². The van der Waals surface area contributed by atoms with Gasteiger partial charge in [-0.1, -0.05) is 0 Å². The number of nitrogens with zero attached hydrogens (tertiary/aromatic N) is 4. The lowest BCUT2D eigenvalue weighted by Crippen LogP contribution is -2.24. The summed E-state index contributed by atoms with van der Waals surface area (Å²) in [7, 11) is 10.1. The van der Waals surface area contributed by atoms with E-state index in [1.54, 1.807) is 17.2 Å². The normalized spacial score (nSPS) is 11.3. The van der Waals surface area contributed by atoms with Crippen molar-refractivity contribution in [3.05, 3.63) is 18.3 Å². The van der Waals surface area contributed by atoms with Crippen LogP contribution in [0.25, 0.3) is 0 Å². The van der Waals surface area contributed by atoms with Gasteiger partial charge in [0.05, 0.1) is 5.69 Å². The molecule has 0 aliphatic rings. The van der Waals surface area contributed by atoms with E-state index in [1.165, 1.54) is 0 Å². The van der Waals surface area contributed by atoms with Crippen molar-refractivity contribution in [1.29, 1.82) is 0 Å². The van der Waals surface area contributed by atoms with Crippen molar-refractivity contribution in [2.45, 2.75) is 13.3 Å². The van der Waals surface area contributed by atoms with Crippen molar-refractivity contribution in [3.63, 3.8) is 0 Å². The topological polar surface area (TPSA) is 31.7 Å². The summed E-state index contributed by atoms with van der Waals surface area (Å²) in [6.07, 6.45) is 4.45. The number of hydrogen-bond acceptors (Lipinski definition) is 4. The number of rotatable bonds is 6. The zero-order chi connectivity index (χ0) is 12.7. The minimum atomic E-state index is 0.669. The molecule has 0 unspecified atom stereocenters. The van der Waals surface area contributed by atoms with Gasteiger partial charge in [0.1, 0.15) is 0 Å². The van der Waals surface area contributed by atoms with E-state index < -0.39 is 0 Å². The molecule has 0 N–H and O–H groups in total. The lowest BCUT2D eigenvalue weighted by atomic mass is 10.2. The molecule has 0 spiro atoms. The Balaban J connectivity index is 2.64. The van der Waals surface area contributed by atoms with Crippen LogP contribution >= 0.6 is 0 Å². The summed E-state index contributed by atoms with van der Waals surface area (Å²) >= 11 is 0. The largest absolute Gasteiger partial charge is 0.422 e. The molecule has 1 aromatic rings. The van der Waals surface area contributed by atoms with Crippen molar-refractivity contribution in [1.82, 2.24) is 9.88 Å². The molecular weight excluding hydrogens is 211 g/mol. The molecule has 0 aliphatic heterocycles. The van der Waals surface area contributed by atoms with Crippen molar-refractivity contribution < 1.29 is 0 Å². The van der Waals surface area contributed by atoms with Crippen LogP contribution in [0.5, 0.6) is 0 Å². The zero-order valence-electron chi connectivity index (χ0n) is 10.8. The Hall–Kier alpha value is -1.36. The molecule has 0 fully saturated rings. The predicted molar refractivity (Wildman–Crippen MR) is 74.3 cm³/mol. The number of hydrogen-bond donors (Lipinski definition) is 0. The number of aromatic nitrogens is 1. The number of pyridine rings is 1. The first-order valence-corrected chi connectivity index (χ1v) is 5.75. The van der Waals surface area contributed by atoms with Gasteiger partial charge in [0.15, 0.2) is 5.82 Å². The quantitative estimate of drug-likeness (QED) is 0.550. The average molecular weight is 230 g/mol. The lowest BCUT2D eigenvalue weighted by Gasteiger charge is -2.21. The summed E-state index contributed by atoms with van der Waals surface area (Å²) in [5, 5.41) is 0. The SMILES string of the molecule is [B]N(CCCN(C)C)c1cccnc1N=CC. The molecule has 0 saturated heterocycles. The monoisotopic (exact) mass is 230 g/mol. The molecule has 0 bridgehead atoms. The summed E-state index contributed by atoms with van der Waals surface area (Å²) in [6.45, 7) is 3.67. The van der Waals surface area contributed by atoms with Crippen LogP contribution in [0.2, 0.25) is 0 Å². The summed E-state index contributed by atoms with van der Waals surface area (Å²) in [6, 6.07) is 3.81. The van der Waals surface area contributed by atoms with Crippen molar-refractivity contribution in [3.8, 4) is 0 Å². The van der Waals surface area contributed by atoms with Crippen molar-refractivity contribution >= 4 is 25.7 Å². The molecule has 4 nitrogen and oxygen atoms in total. The Morgan fingerprint density at radius 3 is 2.82 bits per heavy atom. The van der Waals surface area contributed by atoms with Crippen molar-refractivity contribution in [2.75, 3.05) is 32.0 Å². The molecule has 5 heteroatoms. The van der Waals surface area contributed by atoms with E-state index >= 15 is 0 Å². The third-order valence-corrected chi connectivity index (χ3v) is 2.33. The first-order valence-electron chi connectivity index (χ1n) is 5.75. The van der Waals surface area contributed by atoms with E-state index in [2.05, 4.69) is 29.0 Å². The van der Waals surface area contributed by atoms with Crippen LogP contribution in [0.3, 0.4) is 0 Å². The Bertz CT molecular complexity index is 365. The highest BCUT2D eigenvalue weighted by atomic mass is 15.1. The highest BCUT2D eigenvalue weighted by molar-refractivity contribution is 6.18. The van der Waals surface area contributed by atoms with Crippen LogP contribution in [0, 0.1) is 0 Å². The van der Waals surface area contributed by atoms with Gasteiger partial charge >= 0.3 is 0 Å². The smallest absolute Gasteiger partial charge is 0.226 e. The van der Waals surface area contributed by atoms with Gasteiger partial charge in [-0.25, -0.2) is 9.98 Å². The second-order valence-electron chi connectivity index (χ2n) is 4.08. The van der Waals surface area contributed by atoms with E-state index in [0.717, 1.165) is 25.2 Å². The molecule has 0 aromatic carbocycles. The first-order chi connectivity index (χ1) is 8.15. The molecule has 2 radical (unpaired) electrons. The summed E-state index contributed by atoms with van der Waals surface area (Å²) < 4.78 is 0. The van der Waals surface area contributed by atoms with Gasteiger partial charge in [-0.2, -0.15) is 0 Å².